The standard InChI is InChI=1S/C9H13Br3O3/c1-2-15-8(14)9(11,12)7(13)5-3-4-6-10/h2-6H2,1H3. The molecular weight excluding hydrogens is 396 g/mol. The van der Waals surface area contributed by atoms with Gasteiger partial charge in [0.25, 0.3) is 0 Å². The average Bonchev–Trinajstić information content (AvgIpc) is 2.18. The number of ether oxygens (including phenoxy) is 1. The molecule has 0 unspecified atom stereocenters. The van der Waals surface area contributed by atoms with Crippen LogP contribution >= 0.6 is 47.8 Å². The largest absolute Gasteiger partial charge is 0.464 e. The Morgan fingerprint density at radius 1 is 1.27 bits per heavy atom. The highest BCUT2D eigenvalue weighted by atomic mass is 79.9. The predicted octanol–water partition coefficient (Wildman–Crippen LogP) is 3.17. The van der Waals surface area contributed by atoms with Crippen LogP contribution in [-0.4, -0.2) is 26.9 Å². The van der Waals surface area contributed by atoms with Gasteiger partial charge in [0.05, 0.1) is 6.61 Å². The Morgan fingerprint density at radius 3 is 2.33 bits per heavy atom. The Hall–Kier alpha value is 0.580. The van der Waals surface area contributed by atoms with Crippen LogP contribution in [0.2, 0.25) is 0 Å². The van der Waals surface area contributed by atoms with E-state index < -0.39 is 9.20 Å². The van der Waals surface area contributed by atoms with Crippen LogP contribution in [0.25, 0.3) is 0 Å². The second-order valence-electron chi connectivity index (χ2n) is 2.86. The summed E-state index contributed by atoms with van der Waals surface area (Å²) in [4.78, 5) is 23.0. The van der Waals surface area contributed by atoms with E-state index in [0.717, 1.165) is 18.2 Å². The van der Waals surface area contributed by atoms with E-state index in [1.807, 2.05) is 0 Å². The predicted molar refractivity (Wildman–Crippen MR) is 69.9 cm³/mol. The molecule has 3 nitrogen and oxygen atoms in total. The molecular formula is C9H13Br3O3. The van der Waals surface area contributed by atoms with Crippen molar-refractivity contribution in [1.82, 2.24) is 0 Å². The molecule has 0 atom stereocenters. The Labute approximate surface area is 115 Å². The third-order valence-corrected chi connectivity index (χ3v) is 3.76. The molecule has 0 saturated carbocycles. The average molecular weight is 409 g/mol. The van der Waals surface area contributed by atoms with Crippen LogP contribution in [0.1, 0.15) is 26.2 Å². The van der Waals surface area contributed by atoms with Gasteiger partial charge in [-0.3, -0.25) is 4.79 Å². The van der Waals surface area contributed by atoms with Crippen molar-refractivity contribution < 1.29 is 14.3 Å². The van der Waals surface area contributed by atoms with Crippen molar-refractivity contribution in [3.63, 3.8) is 0 Å². The smallest absolute Gasteiger partial charge is 0.341 e. The SMILES string of the molecule is CCOC(=O)C(Br)(Br)C(=O)CCCCBr. The molecule has 0 N–H and O–H groups in total. The maximum Gasteiger partial charge on any atom is 0.341 e. The summed E-state index contributed by atoms with van der Waals surface area (Å²) in [6.07, 6.45) is 2.01. The third kappa shape index (κ3) is 5.45. The Bertz CT molecular complexity index is 229. The minimum absolute atomic E-state index is 0.207. The van der Waals surface area contributed by atoms with Gasteiger partial charge in [-0.15, -0.1) is 0 Å². The van der Waals surface area contributed by atoms with Gasteiger partial charge in [-0.25, -0.2) is 4.79 Å². The van der Waals surface area contributed by atoms with Gasteiger partial charge in [-0.05, 0) is 19.8 Å². The minimum Gasteiger partial charge on any atom is -0.464 e. The van der Waals surface area contributed by atoms with Gasteiger partial charge in [0.2, 0.25) is 3.23 Å². The van der Waals surface area contributed by atoms with Crippen LogP contribution in [-0.2, 0) is 14.3 Å². The summed E-state index contributed by atoms with van der Waals surface area (Å²) in [5.74, 6) is -0.796. The van der Waals surface area contributed by atoms with Crippen LogP contribution in [0.5, 0.6) is 0 Å². The molecule has 0 aliphatic rings. The summed E-state index contributed by atoms with van der Waals surface area (Å²) in [6, 6.07) is 0. The van der Waals surface area contributed by atoms with Crippen molar-refractivity contribution in [2.75, 3.05) is 11.9 Å². The number of hydrogen-bond acceptors (Lipinski definition) is 3. The molecule has 6 heteroatoms. The summed E-state index contributed by atoms with van der Waals surface area (Å²) < 4.78 is 3.40. The first-order valence-corrected chi connectivity index (χ1v) is 7.31. The Kier molecular flexibility index (Phi) is 8.09. The number of rotatable bonds is 7. The number of hydrogen-bond donors (Lipinski definition) is 0. The van der Waals surface area contributed by atoms with E-state index in [-0.39, 0.29) is 12.4 Å². The molecule has 0 bridgehead atoms. The lowest BCUT2D eigenvalue weighted by Crippen LogP contribution is -2.36. The zero-order chi connectivity index (χ0) is 11.9. The quantitative estimate of drug-likeness (QED) is 0.281. The highest BCUT2D eigenvalue weighted by molar-refractivity contribution is 9.26. The fourth-order valence-electron chi connectivity index (χ4n) is 0.873. The van der Waals surface area contributed by atoms with Crippen molar-refractivity contribution in [2.45, 2.75) is 29.4 Å². The minimum atomic E-state index is -1.37. The molecule has 88 valence electrons. The molecule has 0 saturated heterocycles. The fraction of sp³-hybridized carbons (Fsp3) is 0.778. The fourth-order valence-corrected chi connectivity index (χ4v) is 1.89. The van der Waals surface area contributed by atoms with E-state index in [1.54, 1.807) is 6.92 Å². The highest BCUT2D eigenvalue weighted by Crippen LogP contribution is 2.31. The summed E-state index contributed by atoms with van der Waals surface area (Å²) in [7, 11) is 0. The highest BCUT2D eigenvalue weighted by Gasteiger charge is 2.41. The summed E-state index contributed by atoms with van der Waals surface area (Å²) in [5.41, 5.74) is 0. The van der Waals surface area contributed by atoms with Gasteiger partial charge in [-0.1, -0.05) is 47.8 Å². The van der Waals surface area contributed by atoms with E-state index in [4.69, 9.17) is 4.74 Å². The molecule has 0 aliphatic heterocycles. The lowest BCUT2D eigenvalue weighted by atomic mass is 10.1. The van der Waals surface area contributed by atoms with E-state index >= 15 is 0 Å². The van der Waals surface area contributed by atoms with Crippen LogP contribution in [0.4, 0.5) is 0 Å². The van der Waals surface area contributed by atoms with Gasteiger partial charge in [-0.2, -0.15) is 0 Å². The molecule has 15 heavy (non-hydrogen) atoms. The number of ketones is 1. The van der Waals surface area contributed by atoms with Gasteiger partial charge in [0, 0.05) is 11.8 Å². The molecule has 0 radical (unpaired) electrons. The second kappa shape index (κ2) is 7.79. The van der Waals surface area contributed by atoms with Crippen LogP contribution in [0.15, 0.2) is 0 Å². The molecule has 0 aromatic rings. The van der Waals surface area contributed by atoms with Gasteiger partial charge in [0.1, 0.15) is 0 Å². The number of carbonyl (C=O) groups excluding carboxylic acids is 2. The van der Waals surface area contributed by atoms with Crippen molar-refractivity contribution >= 4 is 59.5 Å². The monoisotopic (exact) mass is 406 g/mol. The number of esters is 1. The molecule has 0 amide bonds. The van der Waals surface area contributed by atoms with Crippen LogP contribution < -0.4 is 0 Å². The molecule has 0 fully saturated rings. The van der Waals surface area contributed by atoms with Crippen LogP contribution in [0.3, 0.4) is 0 Å². The first-order valence-electron chi connectivity index (χ1n) is 4.61. The number of halogens is 3. The van der Waals surface area contributed by atoms with Gasteiger partial charge in [0.15, 0.2) is 5.78 Å². The lowest BCUT2D eigenvalue weighted by Gasteiger charge is -2.16. The second-order valence-corrected chi connectivity index (χ2v) is 7.10. The number of alkyl halides is 3. The van der Waals surface area contributed by atoms with Gasteiger partial charge < -0.3 is 4.74 Å². The normalized spacial score (nSPS) is 11.2. The number of unbranched alkanes of at least 4 members (excludes halogenated alkanes) is 1. The molecule has 0 aliphatic carbocycles. The van der Waals surface area contributed by atoms with E-state index in [2.05, 4.69) is 47.8 Å². The molecule has 0 spiro atoms. The topological polar surface area (TPSA) is 43.4 Å². The van der Waals surface area contributed by atoms with Crippen LogP contribution in [0, 0.1) is 0 Å². The van der Waals surface area contributed by atoms with Crippen molar-refractivity contribution in [3.8, 4) is 0 Å². The maximum absolute atomic E-state index is 11.6. The van der Waals surface area contributed by atoms with E-state index in [1.165, 1.54) is 0 Å². The zero-order valence-electron chi connectivity index (χ0n) is 8.39. The van der Waals surface area contributed by atoms with E-state index in [9.17, 15) is 9.59 Å². The number of Topliss-reactive ketones (excluding diaryl/α,β-unsaturated/α-hetero) is 1. The molecule has 0 heterocycles. The van der Waals surface area contributed by atoms with Gasteiger partial charge >= 0.3 is 5.97 Å². The third-order valence-electron chi connectivity index (χ3n) is 1.67. The Balaban J connectivity index is 4.19. The summed E-state index contributed by atoms with van der Waals surface area (Å²) in [6.45, 7) is 1.95. The van der Waals surface area contributed by atoms with E-state index in [0.29, 0.717) is 6.42 Å². The first kappa shape index (κ1) is 15.6. The Morgan fingerprint density at radius 2 is 1.87 bits per heavy atom. The van der Waals surface area contributed by atoms with Crippen molar-refractivity contribution in [1.29, 1.82) is 0 Å². The molecule has 0 aromatic heterocycles. The molecule has 0 aromatic carbocycles. The first-order chi connectivity index (χ1) is 6.96. The number of carbonyl (C=O) groups is 2. The van der Waals surface area contributed by atoms with Crippen molar-refractivity contribution in [2.24, 2.45) is 0 Å². The zero-order valence-corrected chi connectivity index (χ0v) is 13.2. The molecule has 0 rings (SSSR count). The lowest BCUT2D eigenvalue weighted by molar-refractivity contribution is -0.145. The maximum atomic E-state index is 11.6. The summed E-state index contributed by atoms with van der Waals surface area (Å²) in [5, 5.41) is 0.858. The van der Waals surface area contributed by atoms with Crippen molar-refractivity contribution in [3.05, 3.63) is 0 Å². The summed E-state index contributed by atoms with van der Waals surface area (Å²) >= 11 is 9.37.